The minimum atomic E-state index is -0.342. The van der Waals surface area contributed by atoms with E-state index in [1.165, 1.54) is 11.8 Å². The van der Waals surface area contributed by atoms with Gasteiger partial charge in [-0.2, -0.15) is 0 Å². The molecule has 1 heterocycles. The first-order valence-electron chi connectivity index (χ1n) is 7.59. The standard InChI is InChI=1S/C15H19N5O3S/c1-9(24-15-17-18-19-20(15)11-4-5-11)14(21)16-10-6-12(22-2)8-13(7-10)23-3/h6-9,11H,4-5H2,1-3H3,(H,16,21). The predicted octanol–water partition coefficient (Wildman–Crippen LogP) is 2.14. The third-order valence-corrected chi connectivity index (χ3v) is 4.67. The van der Waals surface area contributed by atoms with Gasteiger partial charge in [0.1, 0.15) is 11.5 Å². The lowest BCUT2D eigenvalue weighted by Crippen LogP contribution is -2.23. The monoisotopic (exact) mass is 349 g/mol. The number of nitrogens with one attached hydrogen (secondary N) is 1. The van der Waals surface area contributed by atoms with E-state index in [0.29, 0.717) is 28.4 Å². The minimum absolute atomic E-state index is 0.138. The average Bonchev–Trinajstić information content (AvgIpc) is 3.33. The van der Waals surface area contributed by atoms with Crippen molar-refractivity contribution in [3.63, 3.8) is 0 Å². The Hall–Kier alpha value is -2.29. The average molecular weight is 349 g/mol. The molecule has 1 aromatic carbocycles. The fourth-order valence-electron chi connectivity index (χ4n) is 2.15. The fraction of sp³-hybridized carbons (Fsp3) is 0.467. The molecule has 24 heavy (non-hydrogen) atoms. The van der Waals surface area contributed by atoms with Gasteiger partial charge in [-0.1, -0.05) is 11.8 Å². The Bertz CT molecular complexity index is 709. The summed E-state index contributed by atoms with van der Waals surface area (Å²) >= 11 is 1.34. The van der Waals surface area contributed by atoms with E-state index < -0.39 is 0 Å². The van der Waals surface area contributed by atoms with Crippen LogP contribution in [0.3, 0.4) is 0 Å². The summed E-state index contributed by atoms with van der Waals surface area (Å²) in [6.07, 6.45) is 2.17. The normalized spacial score (nSPS) is 15.0. The van der Waals surface area contributed by atoms with Gasteiger partial charge in [0.05, 0.1) is 25.5 Å². The van der Waals surface area contributed by atoms with Crippen LogP contribution in [0.25, 0.3) is 0 Å². The van der Waals surface area contributed by atoms with E-state index >= 15 is 0 Å². The fourth-order valence-corrected chi connectivity index (χ4v) is 3.01. The number of carbonyl (C=O) groups excluding carboxylic acids is 1. The number of benzene rings is 1. The Morgan fingerprint density at radius 3 is 2.54 bits per heavy atom. The summed E-state index contributed by atoms with van der Waals surface area (Å²) in [7, 11) is 3.13. The van der Waals surface area contributed by atoms with Gasteiger partial charge in [0, 0.05) is 23.9 Å². The zero-order valence-electron chi connectivity index (χ0n) is 13.7. The first kappa shape index (κ1) is 16.6. The molecule has 0 bridgehead atoms. The van der Waals surface area contributed by atoms with Crippen molar-refractivity contribution in [2.45, 2.75) is 36.2 Å². The minimum Gasteiger partial charge on any atom is -0.497 e. The highest BCUT2D eigenvalue weighted by atomic mass is 32.2. The maximum atomic E-state index is 12.4. The van der Waals surface area contributed by atoms with E-state index in [1.807, 2.05) is 6.92 Å². The number of hydrogen-bond donors (Lipinski definition) is 1. The topological polar surface area (TPSA) is 91.2 Å². The second-order valence-electron chi connectivity index (χ2n) is 5.49. The molecule has 1 aliphatic rings. The van der Waals surface area contributed by atoms with Crippen LogP contribution in [-0.2, 0) is 4.79 Å². The van der Waals surface area contributed by atoms with E-state index in [2.05, 4.69) is 20.8 Å². The van der Waals surface area contributed by atoms with Crippen LogP contribution in [0.4, 0.5) is 5.69 Å². The molecule has 1 unspecified atom stereocenters. The van der Waals surface area contributed by atoms with Crippen LogP contribution in [0.15, 0.2) is 23.4 Å². The molecule has 0 radical (unpaired) electrons. The molecule has 1 amide bonds. The van der Waals surface area contributed by atoms with Crippen LogP contribution < -0.4 is 14.8 Å². The van der Waals surface area contributed by atoms with E-state index in [0.717, 1.165) is 12.8 Å². The van der Waals surface area contributed by atoms with Gasteiger partial charge in [0.2, 0.25) is 11.1 Å². The molecule has 8 nitrogen and oxygen atoms in total. The van der Waals surface area contributed by atoms with Gasteiger partial charge in [-0.15, -0.1) is 5.10 Å². The third-order valence-electron chi connectivity index (χ3n) is 3.63. The number of rotatable bonds is 7. The second-order valence-corrected chi connectivity index (χ2v) is 6.80. The van der Waals surface area contributed by atoms with Crippen LogP contribution in [-0.4, -0.2) is 45.6 Å². The molecule has 1 saturated carbocycles. The number of nitrogens with zero attached hydrogens (tertiary/aromatic N) is 4. The Morgan fingerprint density at radius 2 is 1.96 bits per heavy atom. The number of anilines is 1. The molecule has 0 aliphatic heterocycles. The molecule has 0 saturated heterocycles. The number of carbonyl (C=O) groups is 1. The predicted molar refractivity (Wildman–Crippen MR) is 89.6 cm³/mol. The Kier molecular flexibility index (Phi) is 4.89. The SMILES string of the molecule is COc1cc(NC(=O)C(C)Sc2nnnn2C2CC2)cc(OC)c1. The second kappa shape index (κ2) is 7.08. The summed E-state index contributed by atoms with van der Waals surface area (Å²) in [6.45, 7) is 1.82. The van der Waals surface area contributed by atoms with Crippen molar-refractivity contribution in [1.82, 2.24) is 20.2 Å². The molecule has 1 fully saturated rings. The number of hydrogen-bond acceptors (Lipinski definition) is 7. The van der Waals surface area contributed by atoms with Crippen molar-refractivity contribution in [3.8, 4) is 11.5 Å². The highest BCUT2D eigenvalue weighted by molar-refractivity contribution is 8.00. The van der Waals surface area contributed by atoms with Crippen LogP contribution in [0.2, 0.25) is 0 Å². The van der Waals surface area contributed by atoms with Crippen LogP contribution >= 0.6 is 11.8 Å². The van der Waals surface area contributed by atoms with Crippen LogP contribution in [0, 0.1) is 0 Å². The molecular weight excluding hydrogens is 330 g/mol. The van der Waals surface area contributed by atoms with Gasteiger partial charge in [-0.05, 0) is 30.2 Å². The molecule has 1 aromatic heterocycles. The van der Waals surface area contributed by atoms with Crippen molar-refractivity contribution < 1.29 is 14.3 Å². The van der Waals surface area contributed by atoms with Crippen LogP contribution in [0.1, 0.15) is 25.8 Å². The van der Waals surface area contributed by atoms with E-state index in [1.54, 1.807) is 37.1 Å². The lowest BCUT2D eigenvalue weighted by molar-refractivity contribution is -0.115. The van der Waals surface area contributed by atoms with E-state index in [4.69, 9.17) is 9.47 Å². The number of amides is 1. The van der Waals surface area contributed by atoms with Gasteiger partial charge >= 0.3 is 0 Å². The summed E-state index contributed by atoms with van der Waals surface area (Å²) in [6, 6.07) is 5.61. The summed E-state index contributed by atoms with van der Waals surface area (Å²) in [5.41, 5.74) is 0.616. The van der Waals surface area contributed by atoms with Gasteiger partial charge in [-0.25, -0.2) is 4.68 Å². The van der Waals surface area contributed by atoms with Gasteiger partial charge in [-0.3, -0.25) is 4.79 Å². The molecule has 2 aromatic rings. The van der Waals surface area contributed by atoms with E-state index in [-0.39, 0.29) is 11.2 Å². The Morgan fingerprint density at radius 1 is 1.29 bits per heavy atom. The highest BCUT2D eigenvalue weighted by Crippen LogP contribution is 2.37. The van der Waals surface area contributed by atoms with Crippen molar-refractivity contribution >= 4 is 23.4 Å². The summed E-state index contributed by atoms with van der Waals surface area (Å²) in [4.78, 5) is 12.4. The lowest BCUT2D eigenvalue weighted by Gasteiger charge is -2.13. The van der Waals surface area contributed by atoms with Gasteiger partial charge in [0.15, 0.2) is 0 Å². The largest absolute Gasteiger partial charge is 0.497 e. The zero-order valence-corrected chi connectivity index (χ0v) is 14.5. The number of aromatic nitrogens is 4. The Labute approximate surface area is 143 Å². The van der Waals surface area contributed by atoms with Crippen molar-refractivity contribution in [1.29, 1.82) is 0 Å². The van der Waals surface area contributed by atoms with Gasteiger partial charge < -0.3 is 14.8 Å². The molecule has 3 rings (SSSR count). The first-order valence-corrected chi connectivity index (χ1v) is 8.47. The maximum absolute atomic E-state index is 12.4. The Balaban J connectivity index is 1.66. The molecule has 1 aliphatic carbocycles. The number of tetrazole rings is 1. The lowest BCUT2D eigenvalue weighted by atomic mass is 10.2. The maximum Gasteiger partial charge on any atom is 0.237 e. The number of ether oxygens (including phenoxy) is 2. The molecular formula is C15H19N5O3S. The zero-order chi connectivity index (χ0) is 17.1. The smallest absolute Gasteiger partial charge is 0.237 e. The van der Waals surface area contributed by atoms with Gasteiger partial charge in [0.25, 0.3) is 0 Å². The van der Waals surface area contributed by atoms with E-state index in [9.17, 15) is 4.79 Å². The number of thioether (sulfide) groups is 1. The molecule has 1 N–H and O–H groups in total. The quantitative estimate of drug-likeness (QED) is 0.766. The third kappa shape index (κ3) is 3.78. The van der Waals surface area contributed by atoms with Crippen molar-refractivity contribution in [3.05, 3.63) is 18.2 Å². The number of methoxy groups -OCH3 is 2. The molecule has 0 spiro atoms. The summed E-state index contributed by atoms with van der Waals surface area (Å²) in [5, 5.41) is 14.9. The summed E-state index contributed by atoms with van der Waals surface area (Å²) in [5.74, 6) is 1.09. The molecule has 9 heteroatoms. The van der Waals surface area contributed by atoms with Crippen molar-refractivity contribution in [2.75, 3.05) is 19.5 Å². The molecule has 128 valence electrons. The first-order chi connectivity index (χ1) is 11.6. The summed E-state index contributed by atoms with van der Waals surface area (Å²) < 4.78 is 12.2. The highest BCUT2D eigenvalue weighted by Gasteiger charge is 2.29. The molecule has 1 atom stereocenters. The van der Waals surface area contributed by atoms with Crippen LogP contribution in [0.5, 0.6) is 11.5 Å². The van der Waals surface area contributed by atoms with Crippen molar-refractivity contribution in [2.24, 2.45) is 0 Å².